The van der Waals surface area contributed by atoms with E-state index < -0.39 is 23.6 Å². The summed E-state index contributed by atoms with van der Waals surface area (Å²) in [4.78, 5) is 54.3. The summed E-state index contributed by atoms with van der Waals surface area (Å²) in [6.45, 7) is 11.3. The zero-order valence-electron chi connectivity index (χ0n) is 42.2. The van der Waals surface area contributed by atoms with Gasteiger partial charge >= 0.3 is 0 Å². The van der Waals surface area contributed by atoms with E-state index in [1.54, 1.807) is 58.8 Å². The number of likely N-dealkylation sites (N-methyl/N-ethyl adjacent to an activating group) is 1. The summed E-state index contributed by atoms with van der Waals surface area (Å²) in [5, 5.41) is 27.8. The van der Waals surface area contributed by atoms with Crippen molar-refractivity contribution in [2.75, 3.05) is 46.6 Å². The molecule has 2 aliphatic rings. The first-order valence-electron chi connectivity index (χ1n) is 24.9. The molecule has 6 aromatic rings. The summed E-state index contributed by atoms with van der Waals surface area (Å²) in [5.74, 6) is 0.220. The first-order chi connectivity index (χ1) is 35.2. The third-order valence-electron chi connectivity index (χ3n) is 13.5. The number of aliphatic imine (C=N–C) groups is 1. The molecule has 8 rings (SSSR count). The minimum Gasteiger partial charge on any atom is -0.508 e. The highest BCUT2D eigenvalue weighted by Gasteiger charge is 2.48. The number of aromatic hydroxyl groups is 1. The Hall–Kier alpha value is -7.14. The molecule has 3 N–H and O–H groups in total. The minimum absolute atomic E-state index is 0.0155. The number of likely N-dealkylation sites (tertiary alicyclic amines) is 1. The first-order valence-corrected chi connectivity index (χ1v) is 25.7. The van der Waals surface area contributed by atoms with E-state index in [-0.39, 0.29) is 61.4 Å². The van der Waals surface area contributed by atoms with Gasteiger partial charge in [0.05, 0.1) is 41.4 Å². The van der Waals surface area contributed by atoms with E-state index in [1.807, 2.05) is 99.6 Å². The lowest BCUT2D eigenvalue weighted by Gasteiger charge is -2.29. The number of amides is 3. The molecule has 4 heterocycles. The summed E-state index contributed by atoms with van der Waals surface area (Å²) >= 11 is 1.56. The Balaban J connectivity index is 0.767. The van der Waals surface area contributed by atoms with E-state index in [0.29, 0.717) is 55.5 Å². The normalized spacial score (nSPS) is 18.3. The van der Waals surface area contributed by atoms with Gasteiger partial charge in [-0.3, -0.25) is 14.4 Å². The zero-order valence-corrected chi connectivity index (χ0v) is 43.1. The number of nitrogens with zero attached hydrogens (tertiary/aromatic N) is 5. The fourth-order valence-electron chi connectivity index (χ4n) is 9.43. The molecule has 0 radical (unpaired) electrons. The van der Waals surface area contributed by atoms with Crippen molar-refractivity contribution in [3.05, 3.63) is 148 Å². The molecule has 382 valence electrons. The van der Waals surface area contributed by atoms with Gasteiger partial charge < -0.3 is 44.1 Å². The van der Waals surface area contributed by atoms with Crippen LogP contribution in [-0.2, 0) is 24.7 Å². The number of thiazole rings is 1. The van der Waals surface area contributed by atoms with Gasteiger partial charge in [-0.15, -0.1) is 11.3 Å². The van der Waals surface area contributed by atoms with E-state index in [4.69, 9.17) is 23.7 Å². The molecule has 0 bridgehead atoms. The summed E-state index contributed by atoms with van der Waals surface area (Å²) in [6.07, 6.45) is 1.07. The van der Waals surface area contributed by atoms with Crippen LogP contribution in [0.4, 0.5) is 0 Å². The van der Waals surface area contributed by atoms with Crippen LogP contribution in [0.5, 0.6) is 17.4 Å². The van der Waals surface area contributed by atoms with Crippen LogP contribution < -0.4 is 14.8 Å². The number of aliphatic hydroxyl groups is 1. The van der Waals surface area contributed by atoms with Crippen LogP contribution >= 0.6 is 11.3 Å². The maximum absolute atomic E-state index is 14.4. The topological polar surface area (TPSA) is 189 Å². The molecule has 1 unspecified atom stereocenters. The van der Waals surface area contributed by atoms with Crippen molar-refractivity contribution in [3.8, 4) is 27.8 Å². The second-order valence-corrected chi connectivity index (χ2v) is 19.8. The Morgan fingerprint density at radius 2 is 1.64 bits per heavy atom. The van der Waals surface area contributed by atoms with E-state index in [2.05, 4.69) is 34.5 Å². The first kappa shape index (κ1) is 52.2. The van der Waals surface area contributed by atoms with Crippen molar-refractivity contribution in [2.45, 2.75) is 83.9 Å². The Morgan fingerprint density at radius 3 is 2.32 bits per heavy atom. The smallest absolute Gasteiger partial charge is 0.257 e. The molecule has 16 heteroatoms. The fourth-order valence-corrected chi connectivity index (χ4v) is 10.2. The van der Waals surface area contributed by atoms with Gasteiger partial charge in [0.1, 0.15) is 36.5 Å². The second-order valence-electron chi connectivity index (χ2n) is 18.9. The number of benzene rings is 4. The number of phenols is 1. The van der Waals surface area contributed by atoms with Gasteiger partial charge in [0.15, 0.2) is 11.3 Å². The number of rotatable bonds is 22. The lowest BCUT2D eigenvalue weighted by atomic mass is 9.88. The summed E-state index contributed by atoms with van der Waals surface area (Å²) in [7, 11) is 1.76. The highest BCUT2D eigenvalue weighted by Crippen LogP contribution is 2.38. The number of carbonyl (C=O) groups is 3. The van der Waals surface area contributed by atoms with Gasteiger partial charge in [-0.05, 0) is 101 Å². The highest BCUT2D eigenvalue weighted by molar-refractivity contribution is 7.13. The van der Waals surface area contributed by atoms with Gasteiger partial charge in [0, 0.05) is 39.1 Å². The van der Waals surface area contributed by atoms with Crippen molar-refractivity contribution >= 4 is 46.0 Å². The quantitative estimate of drug-likeness (QED) is 0.0435. The number of allylic oxidation sites excluding steroid dienone is 1. The van der Waals surface area contributed by atoms with Crippen LogP contribution in [0.25, 0.3) is 21.6 Å². The monoisotopic (exact) mass is 1010 g/mol. The van der Waals surface area contributed by atoms with Crippen LogP contribution in [-0.4, -0.2) is 112 Å². The number of hydrogen-bond acceptors (Lipinski definition) is 13. The third-order valence-corrected chi connectivity index (χ3v) is 14.4. The second kappa shape index (κ2) is 23.6. The number of aromatic nitrogens is 2. The van der Waals surface area contributed by atoms with Crippen LogP contribution in [0.1, 0.15) is 93.0 Å². The molecule has 2 aromatic heterocycles. The van der Waals surface area contributed by atoms with Crippen LogP contribution in [0.2, 0.25) is 0 Å². The summed E-state index contributed by atoms with van der Waals surface area (Å²) in [5.41, 5.74) is 8.71. The molecule has 4 aromatic carbocycles. The van der Waals surface area contributed by atoms with Crippen LogP contribution in [0, 0.1) is 12.8 Å². The lowest BCUT2D eigenvalue weighted by Crippen LogP contribution is -2.48. The number of β-amino-alcohol motifs (C(OH)–C–C–N with tert-alkyl or cyclic N) is 1. The molecule has 0 spiro atoms. The molecule has 15 nitrogen and oxygen atoms in total. The summed E-state index contributed by atoms with van der Waals surface area (Å²) in [6, 6.07) is 34.2. The number of nitrogens with one attached hydrogen (secondary N) is 1. The zero-order chi connectivity index (χ0) is 51.6. The number of phenolic OH excluding ortho intramolecular Hbond substituents is 1. The van der Waals surface area contributed by atoms with Crippen molar-refractivity contribution in [2.24, 2.45) is 10.9 Å². The number of hydrogen-bond donors (Lipinski definition) is 3. The number of aliphatic hydroxyl groups excluding tert-OH is 1. The average molecular weight is 1010 g/mol. The Morgan fingerprint density at radius 1 is 0.932 bits per heavy atom. The van der Waals surface area contributed by atoms with Crippen LogP contribution in [0.15, 0.2) is 124 Å². The minimum atomic E-state index is -1.22. The number of amidine groups is 1. The van der Waals surface area contributed by atoms with E-state index in [9.17, 15) is 24.6 Å². The maximum atomic E-state index is 14.4. The van der Waals surface area contributed by atoms with Gasteiger partial charge in [0.2, 0.25) is 11.8 Å². The van der Waals surface area contributed by atoms with Crippen molar-refractivity contribution < 1.29 is 43.3 Å². The standard InChI is InChI=1S/C57H64N6O9S/c1-7-46(38-12-9-8-10-13-38)52(39-17-23-43(64)24-18-39)40-19-25-45(26-20-40)70-29-27-62(6)50(66)14-11-28-69-30-31-71-49-33-48(72-61-49)51(36(2)3)55(67)63-34-44(65)32-47(63)54-59-56(68)57(5,60-54)42-21-15-41(16-22-42)53-37(4)58-35-73-53/h8-10,12-13,15-26,33,35-36,44,47,51,64-65H,7,11,14,27-32,34H2,1-6H3,(H,59,60,68)/b52-46-/t44-,47-,51?,57+/m1/s1. The third kappa shape index (κ3) is 12.2. The maximum Gasteiger partial charge on any atom is 0.257 e. The largest absolute Gasteiger partial charge is 0.508 e. The highest BCUT2D eigenvalue weighted by atomic mass is 32.1. The Bertz CT molecular complexity index is 2900. The lowest BCUT2D eigenvalue weighted by molar-refractivity contribution is -0.134. The number of aryl methyl sites for hydroxylation is 1. The van der Waals surface area contributed by atoms with E-state index in [0.717, 1.165) is 44.8 Å². The molecule has 2 aliphatic heterocycles. The number of ether oxygens (including phenoxy) is 3. The molecule has 4 atom stereocenters. The van der Waals surface area contributed by atoms with Gasteiger partial charge in [-0.2, -0.15) is 0 Å². The molecular formula is C57H64N6O9S. The van der Waals surface area contributed by atoms with Crippen molar-refractivity contribution in [3.63, 3.8) is 0 Å². The molecule has 0 aliphatic carbocycles. The van der Waals surface area contributed by atoms with Crippen molar-refractivity contribution in [1.82, 2.24) is 25.3 Å². The molecule has 73 heavy (non-hydrogen) atoms. The van der Waals surface area contributed by atoms with Gasteiger partial charge in [0.25, 0.3) is 11.8 Å². The molecule has 1 fully saturated rings. The number of carbonyl (C=O) groups excluding carboxylic acids is 3. The molecule has 0 saturated carbocycles. The van der Waals surface area contributed by atoms with Crippen LogP contribution in [0.3, 0.4) is 0 Å². The Kier molecular flexibility index (Phi) is 16.9. The van der Waals surface area contributed by atoms with E-state index in [1.165, 1.54) is 5.57 Å². The molecule has 1 saturated heterocycles. The van der Waals surface area contributed by atoms with Gasteiger partial charge in [-0.1, -0.05) is 99.6 Å². The molecule has 3 amide bonds. The fraction of sp³-hybridized carbons (Fsp3) is 0.368. The average Bonchev–Trinajstić information content (AvgIpc) is 4.20. The predicted octanol–water partition coefficient (Wildman–Crippen LogP) is 9.04. The van der Waals surface area contributed by atoms with Gasteiger partial charge in [-0.25, -0.2) is 9.98 Å². The predicted molar refractivity (Wildman–Crippen MR) is 281 cm³/mol. The Labute approximate surface area is 430 Å². The van der Waals surface area contributed by atoms with Crippen molar-refractivity contribution in [1.29, 1.82) is 0 Å². The summed E-state index contributed by atoms with van der Waals surface area (Å²) < 4.78 is 23.3. The SMILES string of the molecule is CC/C(=C(\c1ccc(O)cc1)c1ccc(OCCN(C)C(=O)CCCOCCOc2cc(C(C(=O)N3C[C@H](O)C[C@@H]3C3=N[C@@](C)(c4ccc(-c5scnc5C)cc4)C(=O)N3)C(C)C)on2)cc1)c1ccccc1. The molecular weight excluding hydrogens is 945 g/mol. The van der Waals surface area contributed by atoms with E-state index >= 15 is 0 Å².